The molecule has 0 spiro atoms. The third-order valence-electron chi connectivity index (χ3n) is 24.3. The lowest BCUT2D eigenvalue weighted by Crippen LogP contribution is -2.36. The van der Waals surface area contributed by atoms with E-state index >= 15 is 0 Å². The van der Waals surface area contributed by atoms with Crippen LogP contribution in [0.5, 0.6) is 0 Å². The lowest BCUT2D eigenvalue weighted by molar-refractivity contribution is 0.0331. The van der Waals surface area contributed by atoms with Gasteiger partial charge < -0.3 is 0 Å². The van der Waals surface area contributed by atoms with Gasteiger partial charge >= 0.3 is 0 Å². The average molecular weight is 992 g/mol. The Morgan fingerprint density at radius 3 is 1.10 bits per heavy atom. The molecule has 72 heavy (non-hydrogen) atoms. The largest absolute Gasteiger partial charge is 0.0625 e. The van der Waals surface area contributed by atoms with E-state index in [9.17, 15) is 0 Å². The summed E-state index contributed by atoms with van der Waals surface area (Å²) in [5.41, 5.74) is 4.45. The molecule has 0 aliphatic heterocycles. The van der Waals surface area contributed by atoms with Crippen molar-refractivity contribution in [3.8, 4) is 0 Å². The maximum atomic E-state index is 2.52. The molecule has 6 unspecified atom stereocenters. The van der Waals surface area contributed by atoms with Crippen LogP contribution in [-0.4, -0.2) is 0 Å². The molecule has 1 aromatic rings. The molecule has 0 heteroatoms. The zero-order valence-corrected chi connectivity index (χ0v) is 50.8. The fraction of sp³-hybridized carbons (Fsp3) is 0.917. The summed E-state index contributed by atoms with van der Waals surface area (Å²) in [5, 5.41) is 0. The second-order valence-corrected chi connectivity index (χ2v) is 32.1. The van der Waals surface area contributed by atoms with Crippen molar-refractivity contribution in [1.82, 2.24) is 0 Å². The summed E-state index contributed by atoms with van der Waals surface area (Å²) in [6, 6.07) is 10.3. The van der Waals surface area contributed by atoms with Gasteiger partial charge in [0.25, 0.3) is 0 Å². The van der Waals surface area contributed by atoms with Gasteiger partial charge in [-0.1, -0.05) is 157 Å². The molecule has 0 nitrogen and oxygen atoms in total. The van der Waals surface area contributed by atoms with Gasteiger partial charge in [-0.15, -0.1) is 0 Å². The number of fused-ring (bicyclic) bond motifs is 14. The van der Waals surface area contributed by atoms with Crippen LogP contribution < -0.4 is 0 Å². The van der Waals surface area contributed by atoms with Gasteiger partial charge in [-0.3, -0.25) is 0 Å². The first-order valence-electron chi connectivity index (χ1n) is 33.3. The molecular formula is C72H126. The topological polar surface area (TPSA) is 0 Å². The molecule has 0 aromatic heterocycles. The molecule has 0 heterocycles. The van der Waals surface area contributed by atoms with E-state index < -0.39 is 0 Å². The maximum Gasteiger partial charge on any atom is -0.0318 e. The van der Waals surface area contributed by atoms with Crippen LogP contribution in [0, 0.1) is 117 Å². The summed E-state index contributed by atoms with van der Waals surface area (Å²) in [6.45, 7) is 29.1. The molecule has 15 fully saturated rings. The van der Waals surface area contributed by atoms with E-state index in [2.05, 4.69) is 95.2 Å². The molecule has 12 bridgehead atoms. The third kappa shape index (κ3) is 18.4. The van der Waals surface area contributed by atoms with Crippen molar-refractivity contribution in [3.05, 3.63) is 35.9 Å². The number of hydrogen-bond acceptors (Lipinski definition) is 0. The highest BCUT2D eigenvalue weighted by Crippen LogP contribution is 2.55. The minimum absolute atomic E-state index is 0.722. The quantitative estimate of drug-likeness (QED) is 0.243. The van der Waals surface area contributed by atoms with Gasteiger partial charge in [0.05, 0.1) is 0 Å². The average Bonchev–Trinajstić information content (AvgIpc) is 4.13. The second-order valence-electron chi connectivity index (χ2n) is 32.1. The summed E-state index contributed by atoms with van der Waals surface area (Å²) in [4.78, 5) is 0. The molecule has 0 amide bonds. The fourth-order valence-electron chi connectivity index (χ4n) is 19.8. The van der Waals surface area contributed by atoms with Crippen molar-refractivity contribution in [1.29, 1.82) is 0 Å². The molecule has 1 aromatic carbocycles. The third-order valence-corrected chi connectivity index (χ3v) is 24.3. The van der Waals surface area contributed by atoms with Crippen molar-refractivity contribution in [3.63, 3.8) is 0 Å². The molecule has 16 rings (SSSR count). The molecule has 15 aliphatic rings. The minimum Gasteiger partial charge on any atom is -0.0625 e. The first-order valence-corrected chi connectivity index (χ1v) is 33.3. The lowest BCUT2D eigenvalue weighted by atomic mass is 9.58. The smallest absolute Gasteiger partial charge is 0.0318 e. The predicted octanol–water partition coefficient (Wildman–Crippen LogP) is 23.1. The number of rotatable bonds is 0. The Balaban J connectivity index is 0.000000122. The van der Waals surface area contributed by atoms with Crippen LogP contribution in [0.3, 0.4) is 0 Å². The minimum atomic E-state index is 0.722. The summed E-state index contributed by atoms with van der Waals surface area (Å²) in [7, 11) is 0. The molecule has 0 N–H and O–H groups in total. The summed E-state index contributed by atoms with van der Waals surface area (Å²) in [6.07, 6.45) is 53.4. The van der Waals surface area contributed by atoms with Crippen LogP contribution in [0.25, 0.3) is 0 Å². The summed E-state index contributed by atoms with van der Waals surface area (Å²) < 4.78 is 0. The van der Waals surface area contributed by atoms with E-state index in [4.69, 9.17) is 0 Å². The molecule has 414 valence electrons. The Morgan fingerprint density at radius 2 is 0.778 bits per heavy atom. The number of benzene rings is 1. The molecular weight excluding hydrogens is 865 g/mol. The van der Waals surface area contributed by atoms with E-state index in [0.717, 1.165) is 110 Å². The highest BCUT2D eigenvalue weighted by Gasteiger charge is 2.43. The molecule has 0 saturated heterocycles. The molecule has 8 atom stereocenters. The zero-order chi connectivity index (χ0) is 51.5. The summed E-state index contributed by atoms with van der Waals surface area (Å²) in [5.74, 6) is 16.0. The normalized spacial score (nSPS) is 45.4. The molecule has 0 radical (unpaired) electrons. The van der Waals surface area contributed by atoms with Gasteiger partial charge in [0.15, 0.2) is 0 Å². The SMILES string of the molecule is CC12CCC(CC1)C2.CC12CCC(CC1)C2.CC12CCC(CC1)CC2.CC1CC2CC(C)CC(C)(C1)C2.CC1CC2CC(C)[C@H](C)C(C1)C2.CC1CCCCC1.C[C@@H]1CC2CCC1CC2.Cc1ccccc1. The monoisotopic (exact) mass is 991 g/mol. The highest BCUT2D eigenvalue weighted by atomic mass is 14.5. The zero-order valence-electron chi connectivity index (χ0n) is 50.8. The van der Waals surface area contributed by atoms with Gasteiger partial charge in [-0.05, 0) is 297 Å². The predicted molar refractivity (Wildman–Crippen MR) is 317 cm³/mol. The van der Waals surface area contributed by atoms with Crippen LogP contribution >= 0.6 is 0 Å². The van der Waals surface area contributed by atoms with Crippen molar-refractivity contribution >= 4 is 0 Å². The van der Waals surface area contributed by atoms with Gasteiger partial charge in [-0.2, -0.15) is 0 Å². The Labute approximate surface area is 451 Å². The van der Waals surface area contributed by atoms with Gasteiger partial charge in [0.2, 0.25) is 0 Å². The Hall–Kier alpha value is -0.780. The van der Waals surface area contributed by atoms with E-state index in [1.54, 1.807) is 51.4 Å². The van der Waals surface area contributed by atoms with Crippen molar-refractivity contribution in [2.75, 3.05) is 0 Å². The van der Waals surface area contributed by atoms with Crippen LogP contribution in [-0.2, 0) is 0 Å². The number of hydrogen-bond donors (Lipinski definition) is 0. The first kappa shape index (κ1) is 58.9. The van der Waals surface area contributed by atoms with E-state index in [-0.39, 0.29) is 0 Å². The van der Waals surface area contributed by atoms with E-state index in [0.29, 0.717) is 0 Å². The van der Waals surface area contributed by atoms with Gasteiger partial charge in [-0.25, -0.2) is 0 Å². The second kappa shape index (κ2) is 27.2. The van der Waals surface area contributed by atoms with Crippen molar-refractivity contribution in [2.45, 2.75) is 308 Å². The Bertz CT molecular complexity index is 1560. The van der Waals surface area contributed by atoms with Crippen LogP contribution in [0.2, 0.25) is 0 Å². The van der Waals surface area contributed by atoms with E-state index in [1.807, 2.05) is 18.2 Å². The summed E-state index contributed by atoms with van der Waals surface area (Å²) >= 11 is 0. The van der Waals surface area contributed by atoms with Crippen LogP contribution in [0.15, 0.2) is 30.3 Å². The van der Waals surface area contributed by atoms with Gasteiger partial charge in [0.1, 0.15) is 0 Å². The Kier molecular flexibility index (Phi) is 22.2. The maximum absolute atomic E-state index is 2.52. The molecule has 15 saturated carbocycles. The van der Waals surface area contributed by atoms with Crippen LogP contribution in [0.4, 0.5) is 0 Å². The first-order chi connectivity index (χ1) is 34.2. The standard InChI is InChI=1S/2C12H22.2C9H16.2C8H14.C7H14.C7H8/c1-9-4-11-5-10(2)7-12(3,6-9)8-11;1-8-4-11-6-9(2)10(3)12(5-8)7-11;1-9-5-2-8(3-6-9)4-7-9;1-7-6-8-2-4-9(7)5-3-8;2*1-8-4-2-7(6-8)3-5-8;2*1-7-5-3-2-4-6-7/h9-11H,4-8H2,1-3H3;8-12H,4-7H2,1-3H3;8H,2-7H2,1H3;7-9H,2-6H2,1H3;2*7H,2-6H2,1H3;7H,2-6H2,1H3;2-6H,1H3/t;8?,9?,10-,11?,12?;;7-,8?,9?;;;;/m.0.1..../s1. The fourth-order valence-corrected chi connectivity index (χ4v) is 19.8. The highest BCUT2D eigenvalue weighted by molar-refractivity contribution is 5.11. The van der Waals surface area contributed by atoms with Crippen LogP contribution in [0.1, 0.15) is 306 Å². The van der Waals surface area contributed by atoms with Gasteiger partial charge in [0, 0.05) is 0 Å². The number of aryl methyl sites for hydroxylation is 1. The Morgan fingerprint density at radius 1 is 0.319 bits per heavy atom. The van der Waals surface area contributed by atoms with E-state index in [1.165, 1.54) is 179 Å². The lowest BCUT2D eigenvalue weighted by Gasteiger charge is -2.48. The van der Waals surface area contributed by atoms with Crippen molar-refractivity contribution in [2.24, 2.45) is 110 Å². The molecule has 15 aliphatic carbocycles. The van der Waals surface area contributed by atoms with Crippen molar-refractivity contribution < 1.29 is 0 Å².